The summed E-state index contributed by atoms with van der Waals surface area (Å²) in [4.78, 5) is 48.5. The number of nitrogens with one attached hydrogen (secondary N) is 1. The summed E-state index contributed by atoms with van der Waals surface area (Å²) in [7, 11) is 1.35. The summed E-state index contributed by atoms with van der Waals surface area (Å²) in [6.07, 6.45) is 4.38. The summed E-state index contributed by atoms with van der Waals surface area (Å²) >= 11 is 0. The lowest BCUT2D eigenvalue weighted by Gasteiger charge is -2.21. The van der Waals surface area contributed by atoms with Gasteiger partial charge in [0.15, 0.2) is 5.75 Å². The Bertz CT molecular complexity index is 980. The molecule has 0 aromatic heterocycles. The number of amides is 1. The van der Waals surface area contributed by atoms with Gasteiger partial charge in [0, 0.05) is 7.05 Å². The minimum atomic E-state index is -0.885. The SMILES string of the molecule is CNC(=O)Oc1c([C]=O)cccc1C(=O)c1ccccc1OC(=O)OC1CCCCC1. The van der Waals surface area contributed by atoms with Crippen LogP contribution in [0.3, 0.4) is 0 Å². The molecule has 1 amide bonds. The second kappa shape index (κ2) is 10.4. The Labute approximate surface area is 179 Å². The molecule has 8 nitrogen and oxygen atoms in total. The van der Waals surface area contributed by atoms with Gasteiger partial charge in [-0.15, -0.1) is 0 Å². The first-order chi connectivity index (χ1) is 15.0. The highest BCUT2D eigenvalue weighted by atomic mass is 16.7. The first-order valence-electron chi connectivity index (χ1n) is 9.96. The minimum absolute atomic E-state index is 0.000289. The smallest absolute Gasteiger partial charge is 0.431 e. The largest absolute Gasteiger partial charge is 0.514 e. The van der Waals surface area contributed by atoms with Crippen molar-refractivity contribution >= 4 is 24.3 Å². The van der Waals surface area contributed by atoms with E-state index in [1.807, 2.05) is 0 Å². The Hall–Kier alpha value is -3.68. The zero-order valence-corrected chi connectivity index (χ0v) is 17.0. The summed E-state index contributed by atoms with van der Waals surface area (Å²) in [6, 6.07) is 10.4. The van der Waals surface area contributed by atoms with Crippen molar-refractivity contribution in [3.8, 4) is 11.5 Å². The van der Waals surface area contributed by atoms with Crippen molar-refractivity contribution in [3.63, 3.8) is 0 Å². The van der Waals surface area contributed by atoms with Gasteiger partial charge in [0.25, 0.3) is 0 Å². The second-order valence-electron chi connectivity index (χ2n) is 6.98. The highest BCUT2D eigenvalue weighted by molar-refractivity contribution is 6.13. The van der Waals surface area contributed by atoms with E-state index >= 15 is 0 Å². The minimum Gasteiger partial charge on any atom is -0.431 e. The summed E-state index contributed by atoms with van der Waals surface area (Å²) in [5.41, 5.74) is -0.0985. The number of rotatable bonds is 6. The average molecular weight is 424 g/mol. The van der Waals surface area contributed by atoms with Crippen molar-refractivity contribution < 1.29 is 33.4 Å². The van der Waals surface area contributed by atoms with Gasteiger partial charge < -0.3 is 19.5 Å². The second-order valence-corrected chi connectivity index (χ2v) is 6.98. The highest BCUT2D eigenvalue weighted by Gasteiger charge is 2.25. The number of hydrogen-bond donors (Lipinski definition) is 1. The standard InChI is InChI=1S/C23H22NO7/c1-24-22(27)31-21-15(14-25)8-7-12-18(21)20(26)17-11-5-6-13-19(17)30-23(28)29-16-9-3-2-4-10-16/h5-8,11-13,16H,2-4,9-10H2,1H3,(H,24,27). The molecule has 0 aliphatic heterocycles. The highest BCUT2D eigenvalue weighted by Crippen LogP contribution is 2.30. The number of carbonyl (C=O) groups is 3. The van der Waals surface area contributed by atoms with Crippen LogP contribution < -0.4 is 14.8 Å². The molecule has 0 saturated heterocycles. The van der Waals surface area contributed by atoms with Gasteiger partial charge in [0.2, 0.25) is 12.1 Å². The number of para-hydroxylation sites is 2. The Morgan fingerprint density at radius 1 is 0.935 bits per heavy atom. The first-order valence-corrected chi connectivity index (χ1v) is 9.96. The van der Waals surface area contributed by atoms with Crippen LogP contribution in [-0.4, -0.2) is 37.5 Å². The molecule has 31 heavy (non-hydrogen) atoms. The van der Waals surface area contributed by atoms with E-state index < -0.39 is 18.0 Å². The van der Waals surface area contributed by atoms with E-state index in [2.05, 4.69) is 5.32 Å². The fourth-order valence-electron chi connectivity index (χ4n) is 3.37. The van der Waals surface area contributed by atoms with Crippen molar-refractivity contribution in [2.45, 2.75) is 38.2 Å². The zero-order valence-electron chi connectivity index (χ0n) is 17.0. The van der Waals surface area contributed by atoms with E-state index in [4.69, 9.17) is 14.2 Å². The Morgan fingerprint density at radius 2 is 1.65 bits per heavy atom. The molecular formula is C23H22NO7. The Kier molecular flexibility index (Phi) is 7.37. The molecule has 161 valence electrons. The van der Waals surface area contributed by atoms with E-state index in [0.29, 0.717) is 0 Å². The molecule has 1 saturated carbocycles. The number of hydrogen-bond acceptors (Lipinski definition) is 7. The van der Waals surface area contributed by atoms with Gasteiger partial charge in [0.1, 0.15) is 11.9 Å². The number of carbonyl (C=O) groups excluding carboxylic acids is 4. The van der Waals surface area contributed by atoms with Gasteiger partial charge in [-0.1, -0.05) is 24.6 Å². The number of ether oxygens (including phenoxy) is 3. The molecule has 8 heteroatoms. The van der Waals surface area contributed by atoms with E-state index in [0.717, 1.165) is 32.1 Å². The van der Waals surface area contributed by atoms with Gasteiger partial charge in [-0.3, -0.25) is 9.59 Å². The fourth-order valence-corrected chi connectivity index (χ4v) is 3.37. The van der Waals surface area contributed by atoms with Crippen molar-refractivity contribution in [2.24, 2.45) is 0 Å². The molecule has 2 aromatic rings. The number of benzene rings is 2. The molecule has 0 heterocycles. The average Bonchev–Trinajstić information content (AvgIpc) is 2.79. The van der Waals surface area contributed by atoms with Crippen LogP contribution in [0.15, 0.2) is 42.5 Å². The lowest BCUT2D eigenvalue weighted by molar-refractivity contribution is 0.0415. The van der Waals surface area contributed by atoms with E-state index in [9.17, 15) is 19.2 Å². The van der Waals surface area contributed by atoms with Crippen molar-refractivity contribution in [1.29, 1.82) is 0 Å². The third-order valence-corrected chi connectivity index (χ3v) is 4.91. The van der Waals surface area contributed by atoms with Gasteiger partial charge in [-0.05, 0) is 49.9 Å². The predicted octanol–water partition coefficient (Wildman–Crippen LogP) is 3.94. The van der Waals surface area contributed by atoms with Gasteiger partial charge in [0.05, 0.1) is 16.7 Å². The Morgan fingerprint density at radius 3 is 2.35 bits per heavy atom. The molecule has 1 N–H and O–H groups in total. The van der Waals surface area contributed by atoms with Crippen LogP contribution in [0, 0.1) is 0 Å². The van der Waals surface area contributed by atoms with Crippen LogP contribution in [0.4, 0.5) is 9.59 Å². The molecule has 1 aliphatic carbocycles. The molecule has 0 spiro atoms. The predicted molar refractivity (Wildman–Crippen MR) is 110 cm³/mol. The molecule has 1 aliphatic rings. The van der Waals surface area contributed by atoms with Crippen molar-refractivity contribution in [1.82, 2.24) is 5.32 Å². The molecule has 2 aromatic carbocycles. The van der Waals surface area contributed by atoms with Crippen molar-refractivity contribution in [3.05, 3.63) is 59.2 Å². The van der Waals surface area contributed by atoms with E-state index in [-0.39, 0.29) is 34.3 Å². The maximum atomic E-state index is 13.2. The van der Waals surface area contributed by atoms with Crippen LogP contribution in [0.5, 0.6) is 11.5 Å². The molecule has 0 atom stereocenters. The third-order valence-electron chi connectivity index (χ3n) is 4.91. The molecule has 1 fully saturated rings. The molecule has 3 rings (SSSR count). The van der Waals surface area contributed by atoms with Gasteiger partial charge in [-0.2, -0.15) is 0 Å². The monoisotopic (exact) mass is 424 g/mol. The topological polar surface area (TPSA) is 108 Å². The van der Waals surface area contributed by atoms with Crippen LogP contribution in [0.1, 0.15) is 53.6 Å². The fraction of sp³-hybridized carbons (Fsp3) is 0.304. The summed E-state index contributed by atoms with van der Waals surface area (Å²) in [5.74, 6) is -0.835. The maximum Gasteiger partial charge on any atom is 0.514 e. The first kappa shape index (κ1) is 22.0. The quantitative estimate of drug-likeness (QED) is 0.425. The van der Waals surface area contributed by atoms with Crippen LogP contribution in [0.25, 0.3) is 0 Å². The molecular weight excluding hydrogens is 402 g/mol. The lowest BCUT2D eigenvalue weighted by atomic mass is 9.98. The van der Waals surface area contributed by atoms with Crippen LogP contribution in [0.2, 0.25) is 0 Å². The third kappa shape index (κ3) is 5.48. The zero-order chi connectivity index (χ0) is 22.2. The van der Waals surface area contributed by atoms with Crippen LogP contribution in [-0.2, 0) is 9.53 Å². The lowest BCUT2D eigenvalue weighted by Crippen LogP contribution is -2.24. The Balaban J connectivity index is 1.87. The number of ketones is 1. The van der Waals surface area contributed by atoms with Gasteiger partial charge in [-0.25, -0.2) is 9.59 Å². The molecule has 0 bridgehead atoms. The molecule has 0 unspecified atom stereocenters. The van der Waals surface area contributed by atoms with E-state index in [1.165, 1.54) is 37.4 Å². The summed E-state index contributed by atoms with van der Waals surface area (Å²) in [6.45, 7) is 0. The van der Waals surface area contributed by atoms with E-state index in [1.54, 1.807) is 18.4 Å². The maximum absolute atomic E-state index is 13.2. The molecule has 1 radical (unpaired) electrons. The summed E-state index contributed by atoms with van der Waals surface area (Å²) < 4.78 is 15.8. The van der Waals surface area contributed by atoms with Gasteiger partial charge >= 0.3 is 12.2 Å². The normalized spacial score (nSPS) is 13.7. The summed E-state index contributed by atoms with van der Waals surface area (Å²) in [5, 5.41) is 2.26. The van der Waals surface area contributed by atoms with Crippen molar-refractivity contribution in [2.75, 3.05) is 7.05 Å². The van der Waals surface area contributed by atoms with Crippen LogP contribution >= 0.6 is 0 Å².